The van der Waals surface area contributed by atoms with Gasteiger partial charge in [-0.2, -0.15) is 0 Å². The van der Waals surface area contributed by atoms with E-state index >= 15 is 0 Å². The summed E-state index contributed by atoms with van der Waals surface area (Å²) in [4.78, 5) is 23.0. The Morgan fingerprint density at radius 3 is 2.92 bits per heavy atom. The highest BCUT2D eigenvalue weighted by Crippen LogP contribution is 2.11. The Bertz CT molecular complexity index is 570. The fraction of sp³-hybridized carbons (Fsp3) is 0.650. The third kappa shape index (κ3) is 7.42. The van der Waals surface area contributed by atoms with Crippen molar-refractivity contribution in [2.75, 3.05) is 32.7 Å². The minimum atomic E-state index is 0.309. The molecule has 0 aliphatic carbocycles. The van der Waals surface area contributed by atoms with E-state index in [1.165, 1.54) is 12.0 Å². The number of hydrogen-bond donors (Lipinski definition) is 2. The number of pyridine rings is 1. The molecule has 2 N–H and O–H groups in total. The molecule has 0 atom stereocenters. The SMILES string of the molecule is CCNC(=NCCCN1CCCCCC1=O)NCCc1ccc(C)nc1. The van der Waals surface area contributed by atoms with Crippen LogP contribution in [0.2, 0.25) is 0 Å². The molecule has 0 saturated carbocycles. The number of nitrogens with one attached hydrogen (secondary N) is 2. The zero-order valence-corrected chi connectivity index (χ0v) is 16.3. The molecule has 2 rings (SSSR count). The number of amides is 1. The Morgan fingerprint density at radius 1 is 1.27 bits per heavy atom. The number of aryl methyl sites for hydroxylation is 1. The molecule has 26 heavy (non-hydrogen) atoms. The highest BCUT2D eigenvalue weighted by molar-refractivity contribution is 5.79. The molecule has 144 valence electrons. The first-order valence-electron chi connectivity index (χ1n) is 9.90. The van der Waals surface area contributed by atoms with Gasteiger partial charge in [0.25, 0.3) is 0 Å². The summed E-state index contributed by atoms with van der Waals surface area (Å²) >= 11 is 0. The van der Waals surface area contributed by atoms with E-state index in [0.29, 0.717) is 12.3 Å². The summed E-state index contributed by atoms with van der Waals surface area (Å²) in [7, 11) is 0. The van der Waals surface area contributed by atoms with Crippen LogP contribution in [0.1, 0.15) is 50.3 Å². The third-order valence-electron chi connectivity index (χ3n) is 4.55. The number of aliphatic imine (C=N–C) groups is 1. The van der Waals surface area contributed by atoms with E-state index in [-0.39, 0.29) is 0 Å². The molecule has 1 aliphatic heterocycles. The highest BCUT2D eigenvalue weighted by atomic mass is 16.2. The average Bonchev–Trinajstić information content (AvgIpc) is 2.84. The van der Waals surface area contributed by atoms with E-state index in [1.54, 1.807) is 0 Å². The quantitative estimate of drug-likeness (QED) is 0.424. The van der Waals surface area contributed by atoms with Crippen molar-refractivity contribution in [3.63, 3.8) is 0 Å². The second-order valence-corrected chi connectivity index (χ2v) is 6.79. The molecule has 1 aromatic heterocycles. The molecule has 1 amide bonds. The van der Waals surface area contributed by atoms with E-state index < -0.39 is 0 Å². The molecular weight excluding hydrogens is 326 g/mol. The van der Waals surface area contributed by atoms with Gasteiger partial charge < -0.3 is 15.5 Å². The molecule has 0 spiro atoms. The Labute approximate surface area is 157 Å². The predicted octanol–water partition coefficient (Wildman–Crippen LogP) is 2.28. The lowest BCUT2D eigenvalue weighted by Crippen LogP contribution is -2.38. The number of carbonyl (C=O) groups is 1. The maximum atomic E-state index is 12.0. The monoisotopic (exact) mass is 359 g/mol. The fourth-order valence-electron chi connectivity index (χ4n) is 3.04. The lowest BCUT2D eigenvalue weighted by Gasteiger charge is -2.20. The van der Waals surface area contributed by atoms with Gasteiger partial charge in [-0.15, -0.1) is 0 Å². The topological polar surface area (TPSA) is 69.6 Å². The fourth-order valence-corrected chi connectivity index (χ4v) is 3.04. The normalized spacial score (nSPS) is 15.7. The maximum Gasteiger partial charge on any atom is 0.222 e. The van der Waals surface area contributed by atoms with Gasteiger partial charge in [-0.25, -0.2) is 0 Å². The number of carbonyl (C=O) groups excluding carboxylic acids is 1. The van der Waals surface area contributed by atoms with E-state index in [0.717, 1.165) is 70.1 Å². The molecule has 0 aromatic carbocycles. The van der Waals surface area contributed by atoms with Gasteiger partial charge in [0.15, 0.2) is 5.96 Å². The molecule has 0 bridgehead atoms. The minimum absolute atomic E-state index is 0.309. The summed E-state index contributed by atoms with van der Waals surface area (Å²) < 4.78 is 0. The van der Waals surface area contributed by atoms with Crippen LogP contribution in [-0.4, -0.2) is 54.5 Å². The number of rotatable bonds is 8. The maximum absolute atomic E-state index is 12.0. The highest BCUT2D eigenvalue weighted by Gasteiger charge is 2.15. The summed E-state index contributed by atoms with van der Waals surface area (Å²) in [5, 5.41) is 6.65. The van der Waals surface area contributed by atoms with Gasteiger partial charge in [0, 0.05) is 51.0 Å². The Kier molecular flexibility index (Phi) is 8.93. The zero-order chi connectivity index (χ0) is 18.6. The number of hydrogen-bond acceptors (Lipinski definition) is 3. The van der Waals surface area contributed by atoms with Crippen LogP contribution in [0.5, 0.6) is 0 Å². The first kappa shape index (κ1) is 20.2. The van der Waals surface area contributed by atoms with E-state index in [4.69, 9.17) is 0 Å². The van der Waals surface area contributed by atoms with Crippen molar-refractivity contribution in [1.82, 2.24) is 20.5 Å². The van der Waals surface area contributed by atoms with Crippen LogP contribution in [0.4, 0.5) is 0 Å². The van der Waals surface area contributed by atoms with Gasteiger partial charge in [0.05, 0.1) is 0 Å². The molecule has 6 heteroatoms. The average molecular weight is 360 g/mol. The van der Waals surface area contributed by atoms with Crippen molar-refractivity contribution >= 4 is 11.9 Å². The van der Waals surface area contributed by atoms with Crippen LogP contribution in [-0.2, 0) is 11.2 Å². The van der Waals surface area contributed by atoms with Crippen LogP contribution < -0.4 is 10.6 Å². The summed E-state index contributed by atoms with van der Waals surface area (Å²) in [6.45, 7) is 8.17. The van der Waals surface area contributed by atoms with Crippen molar-refractivity contribution in [2.45, 2.75) is 52.4 Å². The molecule has 1 saturated heterocycles. The van der Waals surface area contributed by atoms with Crippen LogP contribution in [0.3, 0.4) is 0 Å². The van der Waals surface area contributed by atoms with E-state index in [1.807, 2.05) is 24.1 Å². The van der Waals surface area contributed by atoms with Crippen LogP contribution in [0.15, 0.2) is 23.3 Å². The Hall–Kier alpha value is -2.11. The van der Waals surface area contributed by atoms with E-state index in [2.05, 4.69) is 33.6 Å². The van der Waals surface area contributed by atoms with Crippen molar-refractivity contribution in [1.29, 1.82) is 0 Å². The molecule has 6 nitrogen and oxygen atoms in total. The van der Waals surface area contributed by atoms with Crippen molar-refractivity contribution in [2.24, 2.45) is 4.99 Å². The number of nitrogens with zero attached hydrogens (tertiary/aromatic N) is 3. The molecule has 0 radical (unpaired) electrons. The van der Waals surface area contributed by atoms with Gasteiger partial charge in [-0.05, 0) is 51.2 Å². The predicted molar refractivity (Wildman–Crippen MR) is 106 cm³/mol. The standard InChI is InChI=1S/C20H33N5O/c1-3-21-20(23-13-11-18-10-9-17(2)24-16-18)22-12-7-15-25-14-6-4-5-8-19(25)26/h9-10,16H,3-8,11-15H2,1-2H3,(H2,21,22,23). The number of guanidine groups is 1. The van der Waals surface area contributed by atoms with Crippen LogP contribution in [0, 0.1) is 6.92 Å². The van der Waals surface area contributed by atoms with Gasteiger partial charge in [-0.3, -0.25) is 14.8 Å². The summed E-state index contributed by atoms with van der Waals surface area (Å²) in [6, 6.07) is 4.16. The summed E-state index contributed by atoms with van der Waals surface area (Å²) in [6.07, 6.45) is 7.81. The van der Waals surface area contributed by atoms with E-state index in [9.17, 15) is 4.79 Å². The second-order valence-electron chi connectivity index (χ2n) is 6.79. The Morgan fingerprint density at radius 2 is 2.15 bits per heavy atom. The Balaban J connectivity index is 1.71. The van der Waals surface area contributed by atoms with Gasteiger partial charge in [-0.1, -0.05) is 12.5 Å². The van der Waals surface area contributed by atoms with Gasteiger partial charge >= 0.3 is 0 Å². The van der Waals surface area contributed by atoms with Crippen LogP contribution >= 0.6 is 0 Å². The largest absolute Gasteiger partial charge is 0.357 e. The zero-order valence-electron chi connectivity index (χ0n) is 16.3. The van der Waals surface area contributed by atoms with Gasteiger partial charge in [0.1, 0.15) is 0 Å². The van der Waals surface area contributed by atoms with Crippen molar-refractivity contribution in [3.8, 4) is 0 Å². The molecule has 0 unspecified atom stereocenters. The minimum Gasteiger partial charge on any atom is -0.357 e. The lowest BCUT2D eigenvalue weighted by molar-refractivity contribution is -0.130. The molecule has 2 heterocycles. The van der Waals surface area contributed by atoms with Crippen molar-refractivity contribution < 1.29 is 4.79 Å². The van der Waals surface area contributed by atoms with Crippen LogP contribution in [0.25, 0.3) is 0 Å². The second kappa shape index (κ2) is 11.5. The third-order valence-corrected chi connectivity index (χ3v) is 4.55. The summed E-state index contributed by atoms with van der Waals surface area (Å²) in [5.74, 6) is 1.15. The number of likely N-dealkylation sites (tertiary alicyclic amines) is 1. The molecule has 1 fully saturated rings. The lowest BCUT2D eigenvalue weighted by atomic mass is 10.2. The smallest absolute Gasteiger partial charge is 0.222 e. The molecule has 1 aromatic rings. The van der Waals surface area contributed by atoms with Crippen molar-refractivity contribution in [3.05, 3.63) is 29.6 Å². The first-order chi connectivity index (χ1) is 12.7. The molecular formula is C20H33N5O. The summed E-state index contributed by atoms with van der Waals surface area (Å²) in [5.41, 5.74) is 2.26. The first-order valence-corrected chi connectivity index (χ1v) is 9.90. The number of aromatic nitrogens is 1. The van der Waals surface area contributed by atoms with Gasteiger partial charge in [0.2, 0.25) is 5.91 Å². The molecule has 1 aliphatic rings.